The summed E-state index contributed by atoms with van der Waals surface area (Å²) in [7, 11) is 0. The van der Waals surface area contributed by atoms with E-state index in [9.17, 15) is 9.59 Å². The summed E-state index contributed by atoms with van der Waals surface area (Å²) in [6.45, 7) is 1.88. The summed E-state index contributed by atoms with van der Waals surface area (Å²) < 4.78 is 5.55. The lowest BCUT2D eigenvalue weighted by molar-refractivity contribution is -0.132. The molecule has 2 aliphatic rings. The van der Waals surface area contributed by atoms with Crippen molar-refractivity contribution in [2.24, 2.45) is 11.3 Å². The molecule has 1 aromatic carbocycles. The zero-order chi connectivity index (χ0) is 18.7. The molecule has 6 heteroatoms. The molecule has 27 heavy (non-hydrogen) atoms. The van der Waals surface area contributed by atoms with Crippen LogP contribution in [0.15, 0.2) is 54.9 Å². The molecular weight excluding hydrogens is 342 g/mol. The van der Waals surface area contributed by atoms with E-state index in [4.69, 9.17) is 4.74 Å². The van der Waals surface area contributed by atoms with Crippen molar-refractivity contribution in [1.82, 2.24) is 15.2 Å². The third-order valence-electron chi connectivity index (χ3n) is 5.54. The number of hydrogen-bond donors (Lipinski definition) is 1. The monoisotopic (exact) mass is 365 g/mol. The Morgan fingerprint density at radius 1 is 1.22 bits per heavy atom. The quantitative estimate of drug-likeness (QED) is 0.850. The molecule has 1 saturated carbocycles. The fourth-order valence-corrected chi connectivity index (χ4v) is 3.85. The minimum Gasteiger partial charge on any atom is -0.484 e. The standard InChI is InChI=1S/C21H23N3O3/c25-19(14-27-17-6-2-1-3-7-17)24-10-8-21(15-24)11-18(21)20(26)23-13-16-5-4-9-22-12-16/h1-7,9,12,18H,8,10-11,13-15H2,(H,23,26)/t18-,21-/m0/s1. The van der Waals surface area contributed by atoms with Crippen molar-refractivity contribution in [1.29, 1.82) is 0 Å². The number of benzene rings is 1. The van der Waals surface area contributed by atoms with Crippen molar-refractivity contribution in [3.8, 4) is 5.75 Å². The van der Waals surface area contributed by atoms with Gasteiger partial charge in [0.05, 0.1) is 0 Å². The summed E-state index contributed by atoms with van der Waals surface area (Å²) in [5.74, 6) is 0.756. The third-order valence-corrected chi connectivity index (χ3v) is 5.54. The number of carbonyl (C=O) groups is 2. The molecule has 2 heterocycles. The lowest BCUT2D eigenvalue weighted by atomic mass is 10.0. The molecule has 1 N–H and O–H groups in total. The van der Waals surface area contributed by atoms with Crippen LogP contribution >= 0.6 is 0 Å². The van der Waals surface area contributed by atoms with E-state index >= 15 is 0 Å². The largest absolute Gasteiger partial charge is 0.484 e. The average Bonchev–Trinajstić information content (AvgIpc) is 3.25. The highest BCUT2D eigenvalue weighted by molar-refractivity contribution is 5.83. The summed E-state index contributed by atoms with van der Waals surface area (Å²) in [5, 5.41) is 3.00. The van der Waals surface area contributed by atoms with Gasteiger partial charge in [-0.1, -0.05) is 24.3 Å². The van der Waals surface area contributed by atoms with Crippen molar-refractivity contribution in [2.75, 3.05) is 19.7 Å². The van der Waals surface area contributed by atoms with Crippen molar-refractivity contribution < 1.29 is 14.3 Å². The molecule has 4 rings (SSSR count). The summed E-state index contributed by atoms with van der Waals surface area (Å²) in [5.41, 5.74) is 0.948. The van der Waals surface area contributed by atoms with Crippen LogP contribution in [0.4, 0.5) is 0 Å². The number of rotatable bonds is 6. The minimum absolute atomic E-state index is 0.00186. The lowest BCUT2D eigenvalue weighted by Crippen LogP contribution is -2.34. The minimum atomic E-state index is -0.0402. The summed E-state index contributed by atoms with van der Waals surface area (Å²) in [6.07, 6.45) is 5.21. The fourth-order valence-electron chi connectivity index (χ4n) is 3.85. The van der Waals surface area contributed by atoms with E-state index in [1.165, 1.54) is 0 Å². The molecule has 0 unspecified atom stereocenters. The molecule has 1 aliphatic heterocycles. The Bertz CT molecular complexity index is 756. The van der Waals surface area contributed by atoms with Gasteiger partial charge >= 0.3 is 0 Å². The van der Waals surface area contributed by atoms with Crippen molar-refractivity contribution in [3.63, 3.8) is 0 Å². The van der Waals surface area contributed by atoms with Gasteiger partial charge in [-0.05, 0) is 36.6 Å². The molecule has 0 bridgehead atoms. The molecule has 140 valence electrons. The van der Waals surface area contributed by atoms with Crippen LogP contribution in [0.5, 0.6) is 5.75 Å². The first-order chi connectivity index (χ1) is 13.2. The third kappa shape index (κ3) is 3.94. The van der Waals surface area contributed by atoms with E-state index < -0.39 is 0 Å². The van der Waals surface area contributed by atoms with Gasteiger partial charge in [0.15, 0.2) is 6.61 Å². The van der Waals surface area contributed by atoms with Gasteiger partial charge in [-0.3, -0.25) is 14.6 Å². The van der Waals surface area contributed by atoms with E-state index in [2.05, 4.69) is 10.3 Å². The molecule has 2 fully saturated rings. The van der Waals surface area contributed by atoms with Gasteiger partial charge in [0.2, 0.25) is 5.91 Å². The van der Waals surface area contributed by atoms with E-state index in [1.54, 1.807) is 12.4 Å². The maximum atomic E-state index is 12.5. The lowest BCUT2D eigenvalue weighted by Gasteiger charge is -2.17. The Labute approximate surface area is 158 Å². The predicted octanol–water partition coefficient (Wildman–Crippen LogP) is 2.02. The van der Waals surface area contributed by atoms with Crippen molar-refractivity contribution >= 4 is 11.8 Å². The number of nitrogens with zero attached hydrogens (tertiary/aromatic N) is 2. The zero-order valence-corrected chi connectivity index (χ0v) is 15.1. The first-order valence-corrected chi connectivity index (χ1v) is 9.29. The van der Waals surface area contributed by atoms with Crippen LogP contribution < -0.4 is 10.1 Å². The van der Waals surface area contributed by atoms with Crippen LogP contribution in [0, 0.1) is 11.3 Å². The van der Waals surface area contributed by atoms with E-state index in [0.717, 1.165) is 18.4 Å². The van der Waals surface area contributed by atoms with Gasteiger partial charge in [-0.15, -0.1) is 0 Å². The number of ether oxygens (including phenoxy) is 1. The fraction of sp³-hybridized carbons (Fsp3) is 0.381. The maximum absolute atomic E-state index is 12.5. The van der Waals surface area contributed by atoms with Crippen LogP contribution in [-0.2, 0) is 16.1 Å². The van der Waals surface area contributed by atoms with Gasteiger partial charge in [-0.2, -0.15) is 0 Å². The molecule has 1 aromatic heterocycles. The first kappa shape index (κ1) is 17.5. The van der Waals surface area contributed by atoms with Gasteiger partial charge in [0.25, 0.3) is 5.91 Å². The zero-order valence-electron chi connectivity index (χ0n) is 15.1. The summed E-state index contributed by atoms with van der Waals surface area (Å²) in [6, 6.07) is 13.1. The van der Waals surface area contributed by atoms with E-state index in [1.807, 2.05) is 47.4 Å². The second-order valence-corrected chi connectivity index (χ2v) is 7.37. The Morgan fingerprint density at radius 3 is 2.85 bits per heavy atom. The SMILES string of the molecule is O=C(NCc1cccnc1)[C@@H]1C[C@]12CCN(C(=O)COc1ccccc1)C2. The van der Waals surface area contributed by atoms with Gasteiger partial charge in [0.1, 0.15) is 5.75 Å². The van der Waals surface area contributed by atoms with Crippen LogP contribution in [0.1, 0.15) is 18.4 Å². The maximum Gasteiger partial charge on any atom is 0.260 e. The van der Waals surface area contributed by atoms with Gasteiger partial charge in [-0.25, -0.2) is 0 Å². The van der Waals surface area contributed by atoms with Crippen LogP contribution in [-0.4, -0.2) is 41.4 Å². The second-order valence-electron chi connectivity index (χ2n) is 7.37. The highest BCUT2D eigenvalue weighted by Gasteiger charge is 2.61. The van der Waals surface area contributed by atoms with Gasteiger partial charge in [0, 0.05) is 43.4 Å². The Hall–Kier alpha value is -2.89. The normalized spacial score (nSPS) is 23.3. The van der Waals surface area contributed by atoms with Crippen molar-refractivity contribution in [3.05, 3.63) is 60.4 Å². The molecule has 1 saturated heterocycles. The summed E-state index contributed by atoms with van der Waals surface area (Å²) in [4.78, 5) is 30.8. The number of hydrogen-bond acceptors (Lipinski definition) is 4. The number of nitrogens with one attached hydrogen (secondary N) is 1. The first-order valence-electron chi connectivity index (χ1n) is 9.29. The Balaban J connectivity index is 1.24. The Kier molecular flexibility index (Phi) is 4.79. The highest BCUT2D eigenvalue weighted by atomic mass is 16.5. The molecular formula is C21H23N3O3. The summed E-state index contributed by atoms with van der Waals surface area (Å²) >= 11 is 0. The Morgan fingerprint density at radius 2 is 2.07 bits per heavy atom. The molecule has 2 atom stereocenters. The number of likely N-dealkylation sites (tertiary alicyclic amines) is 1. The number of amides is 2. The van der Waals surface area contributed by atoms with Crippen LogP contribution in [0.25, 0.3) is 0 Å². The van der Waals surface area contributed by atoms with Gasteiger partial charge < -0.3 is 15.0 Å². The highest BCUT2D eigenvalue weighted by Crippen LogP contribution is 2.58. The smallest absolute Gasteiger partial charge is 0.260 e. The van der Waals surface area contributed by atoms with E-state index in [-0.39, 0.29) is 29.8 Å². The average molecular weight is 365 g/mol. The molecule has 1 spiro atoms. The molecule has 6 nitrogen and oxygen atoms in total. The predicted molar refractivity (Wildman–Crippen MR) is 99.8 cm³/mol. The number of carbonyl (C=O) groups excluding carboxylic acids is 2. The number of pyridine rings is 1. The molecule has 2 amide bonds. The molecule has 2 aromatic rings. The topological polar surface area (TPSA) is 71.5 Å². The second kappa shape index (κ2) is 7.39. The van der Waals surface area contributed by atoms with E-state index in [0.29, 0.717) is 25.4 Å². The number of aromatic nitrogens is 1. The molecule has 1 aliphatic carbocycles. The molecule has 0 radical (unpaired) electrons. The van der Waals surface area contributed by atoms with Crippen molar-refractivity contribution in [2.45, 2.75) is 19.4 Å². The van der Waals surface area contributed by atoms with Crippen LogP contribution in [0.2, 0.25) is 0 Å². The van der Waals surface area contributed by atoms with Crippen LogP contribution in [0.3, 0.4) is 0 Å². The number of para-hydroxylation sites is 1.